The highest BCUT2D eigenvalue weighted by Gasteiger charge is 2.22. The second-order valence-corrected chi connectivity index (χ2v) is 15.5. The van der Waals surface area contributed by atoms with Crippen LogP contribution in [0, 0.1) is 6.92 Å². The fraction of sp³-hybridized carbons (Fsp3) is 0.250. The van der Waals surface area contributed by atoms with Gasteiger partial charge in [0, 0.05) is 29.5 Å². The number of carbonyl (C=O) groups is 2. The number of nitrogens with zero attached hydrogens (tertiary/aromatic N) is 4. The predicted molar refractivity (Wildman–Crippen MR) is 197 cm³/mol. The summed E-state index contributed by atoms with van der Waals surface area (Å²) in [7, 11) is 2.66. The molecular weight excluding hydrogens is 643 g/mol. The molecule has 0 bridgehead atoms. The Morgan fingerprint density at radius 2 is 1.69 bits per heavy atom. The molecule has 0 spiro atoms. The van der Waals surface area contributed by atoms with E-state index in [1.54, 1.807) is 7.11 Å². The Balaban J connectivity index is 0.000000188. The van der Waals surface area contributed by atoms with Gasteiger partial charge < -0.3 is 19.9 Å². The van der Waals surface area contributed by atoms with Crippen molar-refractivity contribution in [3.8, 4) is 11.4 Å². The fourth-order valence-electron chi connectivity index (χ4n) is 5.32. The van der Waals surface area contributed by atoms with E-state index in [0.717, 1.165) is 72.9 Å². The maximum Gasteiger partial charge on any atom is 0.239 e. The van der Waals surface area contributed by atoms with E-state index in [1.165, 1.54) is 6.92 Å². The van der Waals surface area contributed by atoms with E-state index in [1.807, 2.05) is 68.0 Å². The first-order chi connectivity index (χ1) is 22.9. The third-order valence-corrected chi connectivity index (χ3v) is 9.63. The van der Waals surface area contributed by atoms with E-state index in [9.17, 15) is 14.1 Å². The van der Waals surface area contributed by atoms with Crippen LogP contribution in [-0.4, -0.2) is 69.6 Å². The van der Waals surface area contributed by atoms with E-state index >= 15 is 0 Å². The topological polar surface area (TPSA) is 131 Å². The zero-order chi connectivity index (χ0) is 34.4. The lowest BCUT2D eigenvalue weighted by molar-refractivity contribution is -0.125. The summed E-state index contributed by atoms with van der Waals surface area (Å²) in [5.74, 6) is 2.10. The summed E-state index contributed by atoms with van der Waals surface area (Å²) in [5.41, 5.74) is 5.20. The number of aliphatic imine (C=N–C) groups is 1. The van der Waals surface area contributed by atoms with E-state index in [2.05, 4.69) is 65.0 Å². The molecule has 1 unspecified atom stereocenters. The van der Waals surface area contributed by atoms with Gasteiger partial charge in [0.1, 0.15) is 18.1 Å². The molecule has 2 heterocycles. The van der Waals surface area contributed by atoms with Crippen molar-refractivity contribution in [2.45, 2.75) is 31.7 Å². The van der Waals surface area contributed by atoms with Crippen LogP contribution in [0.2, 0.25) is 0 Å². The number of aryl methyl sites for hydroxylation is 1. The molecule has 0 aliphatic carbocycles. The Bertz CT molecular complexity index is 1990. The summed E-state index contributed by atoms with van der Waals surface area (Å²) >= 11 is 0. The van der Waals surface area contributed by atoms with E-state index < -0.39 is 10.3 Å². The van der Waals surface area contributed by atoms with Gasteiger partial charge in [0.15, 0.2) is 5.82 Å². The lowest BCUT2D eigenvalue weighted by atomic mass is 10.00. The van der Waals surface area contributed by atoms with Crippen LogP contribution in [0.5, 0.6) is 5.75 Å². The van der Waals surface area contributed by atoms with Gasteiger partial charge in [-0.15, -0.1) is 29.7 Å². The lowest BCUT2D eigenvalue weighted by Crippen LogP contribution is -2.36. The number of methoxy groups -OCH3 is 1. The molecular formula is C36H41N6O4PS. The van der Waals surface area contributed by atoms with Crippen molar-refractivity contribution in [1.82, 2.24) is 25.4 Å². The van der Waals surface area contributed by atoms with Crippen LogP contribution < -0.4 is 20.7 Å². The van der Waals surface area contributed by atoms with Crippen molar-refractivity contribution in [3.05, 3.63) is 107 Å². The zero-order valence-electron chi connectivity index (χ0n) is 27.8. The number of carbonyl (C=O) groups excluding carboxylic acids is 2. The normalized spacial score (nSPS) is 12.4. The Morgan fingerprint density at radius 1 is 0.958 bits per heavy atom. The minimum Gasteiger partial charge on any atom is -0.497 e. The first kappa shape index (κ1) is 34.8. The number of nitrogens with one attached hydrogen (secondary N) is 2. The van der Waals surface area contributed by atoms with Crippen LogP contribution in [0.3, 0.4) is 0 Å². The second kappa shape index (κ2) is 15.1. The quantitative estimate of drug-likeness (QED) is 0.198. The predicted octanol–water partition coefficient (Wildman–Crippen LogP) is 4.97. The van der Waals surface area contributed by atoms with Crippen molar-refractivity contribution >= 4 is 53.2 Å². The number of ether oxygens (including phenoxy) is 1. The monoisotopic (exact) mass is 684 g/mol. The zero-order valence-corrected chi connectivity index (χ0v) is 29.8. The molecule has 1 aromatic heterocycles. The Morgan fingerprint density at radius 3 is 2.40 bits per heavy atom. The summed E-state index contributed by atoms with van der Waals surface area (Å²) in [5, 5.41) is 17.1. The van der Waals surface area contributed by atoms with Crippen LogP contribution >= 0.6 is 19.5 Å². The third kappa shape index (κ3) is 8.47. The maximum atomic E-state index is 11.5. The van der Waals surface area contributed by atoms with Crippen LogP contribution in [0.4, 0.5) is 0 Å². The number of fused-ring (bicyclic) bond motifs is 4. The Kier molecular flexibility index (Phi) is 10.9. The second-order valence-electron chi connectivity index (χ2n) is 11.8. The molecule has 250 valence electrons. The largest absolute Gasteiger partial charge is 0.497 e. The molecule has 1 aliphatic rings. The molecule has 0 radical (unpaired) electrons. The highest BCUT2D eigenvalue weighted by Crippen LogP contribution is 2.45. The van der Waals surface area contributed by atoms with Crippen LogP contribution in [-0.2, 0) is 22.6 Å². The average Bonchev–Trinajstić information content (AvgIpc) is 3.34. The molecule has 1 atom stereocenters. The molecule has 10 nitrogen and oxygen atoms in total. The standard InChI is InChI=1S/C18H17N4OP.C18H24N2O3S/c1-11-20-21-17-10-19-18(12-3-6-14(24)7-4-12)15-9-13(23-2)5-8-16(15)22(11)17;1-13(21)20-12-18(22)19-9-8-14-4-5-16-11-17(24(2,3)23)7-6-15(16)10-14/h3-9H,10,24H2,1-2H3;4-7,10-11,23H,8-9,12H2,1-3H3,(H,19,22)(H,20,21). The number of benzene rings is 4. The van der Waals surface area contributed by atoms with Crippen molar-refractivity contribution < 1.29 is 18.9 Å². The van der Waals surface area contributed by atoms with Gasteiger partial charge in [-0.3, -0.25) is 19.1 Å². The molecule has 1 aliphatic heterocycles. The molecule has 3 N–H and O–H groups in total. The Labute approximate surface area is 284 Å². The van der Waals surface area contributed by atoms with Crippen molar-refractivity contribution in [3.63, 3.8) is 0 Å². The summed E-state index contributed by atoms with van der Waals surface area (Å²) < 4.78 is 17.7. The van der Waals surface area contributed by atoms with Gasteiger partial charge in [-0.2, -0.15) is 0 Å². The first-order valence-electron chi connectivity index (χ1n) is 15.4. The summed E-state index contributed by atoms with van der Waals surface area (Å²) in [6.07, 6.45) is 4.43. The van der Waals surface area contributed by atoms with Crippen molar-refractivity contribution in [2.24, 2.45) is 4.99 Å². The Hall–Kier alpha value is -4.57. The van der Waals surface area contributed by atoms with Crippen LogP contribution in [0.15, 0.2) is 88.8 Å². The number of rotatable bonds is 8. The van der Waals surface area contributed by atoms with Crippen LogP contribution in [0.1, 0.15) is 35.3 Å². The van der Waals surface area contributed by atoms with Gasteiger partial charge in [-0.1, -0.05) is 48.5 Å². The molecule has 0 saturated heterocycles. The highest BCUT2D eigenvalue weighted by atomic mass is 32.3. The van der Waals surface area contributed by atoms with E-state index in [-0.39, 0.29) is 18.4 Å². The third-order valence-electron chi connectivity index (χ3n) is 7.84. The molecule has 12 heteroatoms. The number of aromatic nitrogens is 3. The van der Waals surface area contributed by atoms with E-state index in [4.69, 9.17) is 9.73 Å². The van der Waals surface area contributed by atoms with E-state index in [0.29, 0.717) is 13.1 Å². The fourth-order valence-corrected chi connectivity index (χ4v) is 6.33. The van der Waals surface area contributed by atoms with Crippen molar-refractivity contribution in [1.29, 1.82) is 0 Å². The van der Waals surface area contributed by atoms with Gasteiger partial charge in [-0.05, 0) is 77.8 Å². The SMILES string of the molecule is CC(=O)NCC(=O)NCCc1ccc2cc(S(C)(C)O)ccc2c1.COc1ccc2c(c1)C(c1ccc(P)cc1)=NCc1nnc(C)n1-2. The summed E-state index contributed by atoms with van der Waals surface area (Å²) in [6.45, 7) is 4.37. The number of hydrogen-bond donors (Lipinski definition) is 3. The smallest absolute Gasteiger partial charge is 0.239 e. The lowest BCUT2D eigenvalue weighted by Gasteiger charge is -2.24. The average molecular weight is 685 g/mol. The molecule has 2 amide bonds. The first-order valence-corrected chi connectivity index (χ1v) is 18.4. The van der Waals surface area contributed by atoms with Gasteiger partial charge in [0.25, 0.3) is 0 Å². The number of amides is 2. The molecule has 5 aromatic rings. The molecule has 0 saturated carbocycles. The van der Waals surface area contributed by atoms with Crippen molar-refractivity contribution in [2.75, 3.05) is 32.7 Å². The minimum absolute atomic E-state index is 0.00904. The molecule has 6 rings (SSSR count). The highest BCUT2D eigenvalue weighted by molar-refractivity contribution is 8.28. The minimum atomic E-state index is -1.72. The maximum absolute atomic E-state index is 11.5. The van der Waals surface area contributed by atoms with Gasteiger partial charge >= 0.3 is 0 Å². The summed E-state index contributed by atoms with van der Waals surface area (Å²) in [6, 6.07) is 26.5. The molecule has 48 heavy (non-hydrogen) atoms. The van der Waals surface area contributed by atoms with Crippen LogP contribution in [0.25, 0.3) is 16.5 Å². The molecule has 4 aromatic carbocycles. The number of hydrogen-bond acceptors (Lipinski definition) is 7. The molecule has 0 fully saturated rings. The van der Waals surface area contributed by atoms with Gasteiger partial charge in [0.05, 0.1) is 25.1 Å². The summed E-state index contributed by atoms with van der Waals surface area (Å²) in [4.78, 5) is 28.1. The van der Waals surface area contributed by atoms with Gasteiger partial charge in [0.2, 0.25) is 11.8 Å². The van der Waals surface area contributed by atoms with Gasteiger partial charge in [-0.25, -0.2) is 0 Å².